The Bertz CT molecular complexity index is 2520. The first-order valence-corrected chi connectivity index (χ1v) is 20.2. The third kappa shape index (κ3) is 9.42. The second-order valence-electron chi connectivity index (χ2n) is 14.9. The Morgan fingerprint density at radius 3 is 2.31 bits per heavy atom. The van der Waals surface area contributed by atoms with Crippen LogP contribution in [-0.4, -0.2) is 65.3 Å². The predicted octanol–water partition coefficient (Wildman–Crippen LogP) is 7.65. The van der Waals surface area contributed by atoms with Gasteiger partial charge in [0.15, 0.2) is 0 Å². The number of carbonyl (C=O) groups excluding carboxylic acids is 3. The molecule has 3 aliphatic heterocycles. The number of fused-ring (bicyclic) bond motifs is 2. The lowest BCUT2D eigenvalue weighted by molar-refractivity contribution is -0.142. The average molecular weight is 862 g/mol. The number of rotatable bonds is 11. The van der Waals surface area contributed by atoms with E-state index in [9.17, 15) is 24.3 Å². The molecule has 3 heterocycles. The smallest absolute Gasteiger partial charge is 0.411 e. The van der Waals surface area contributed by atoms with Gasteiger partial charge in [0, 0.05) is 24.8 Å². The van der Waals surface area contributed by atoms with Crippen LogP contribution in [0.3, 0.4) is 0 Å². The van der Waals surface area contributed by atoms with Crippen molar-refractivity contribution in [1.29, 1.82) is 5.26 Å². The quantitative estimate of drug-likeness (QED) is 0.120. The molecule has 15 heteroatoms. The highest BCUT2D eigenvalue weighted by Crippen LogP contribution is 2.40. The van der Waals surface area contributed by atoms with Gasteiger partial charge in [0.2, 0.25) is 12.0 Å². The molecule has 0 spiro atoms. The summed E-state index contributed by atoms with van der Waals surface area (Å²) < 4.78 is 23.3. The zero-order chi connectivity index (χ0) is 42.6. The van der Waals surface area contributed by atoms with Gasteiger partial charge in [-0.2, -0.15) is 5.26 Å². The summed E-state index contributed by atoms with van der Waals surface area (Å²) in [5.74, 6) is -1.37. The van der Waals surface area contributed by atoms with Gasteiger partial charge in [-0.15, -0.1) is 0 Å². The highest BCUT2D eigenvalue weighted by atomic mass is 35.5. The molecule has 310 valence electrons. The number of carboxylic acids is 1. The number of ether oxygens (including phenoxy) is 4. The van der Waals surface area contributed by atoms with Gasteiger partial charge in [-0.1, -0.05) is 77.8 Å². The summed E-state index contributed by atoms with van der Waals surface area (Å²) in [4.78, 5) is 55.1. The summed E-state index contributed by atoms with van der Waals surface area (Å²) in [6.07, 6.45) is -1.72. The van der Waals surface area contributed by atoms with Crippen LogP contribution in [0.15, 0.2) is 103 Å². The Balaban J connectivity index is 0.975. The SMILES string of the molecule is N#Cc1ccc(-c2ccc(C[C@H](NC(=O)[C@H]3Cc4cc5c(cc4CN3C(=O)OC3CCOC3)O[C@@H](c3ccc(OCc4ccc(Cl)c(Cl)c4)cc3)C(=O)N5)C(=O)O)cc2)cc1. The molecule has 0 saturated carbocycles. The second kappa shape index (κ2) is 17.9. The summed E-state index contributed by atoms with van der Waals surface area (Å²) in [7, 11) is 0. The maximum atomic E-state index is 14.1. The fourth-order valence-corrected chi connectivity index (χ4v) is 7.78. The summed E-state index contributed by atoms with van der Waals surface area (Å²) in [5, 5.41) is 25.8. The minimum Gasteiger partial charge on any atom is -0.489 e. The molecule has 8 rings (SSSR count). The minimum atomic E-state index is -1.31. The van der Waals surface area contributed by atoms with Crippen LogP contribution in [0.5, 0.6) is 11.5 Å². The van der Waals surface area contributed by atoms with E-state index in [1.54, 1.807) is 72.8 Å². The highest BCUT2D eigenvalue weighted by molar-refractivity contribution is 6.42. The Morgan fingerprint density at radius 2 is 1.64 bits per heavy atom. The monoisotopic (exact) mass is 860 g/mol. The number of hydrogen-bond acceptors (Lipinski definition) is 9. The molecule has 1 fully saturated rings. The number of carboxylic acid groups (broad SMARTS) is 1. The third-order valence-electron chi connectivity index (χ3n) is 10.8. The highest BCUT2D eigenvalue weighted by Gasteiger charge is 2.40. The van der Waals surface area contributed by atoms with E-state index in [0.29, 0.717) is 68.1 Å². The van der Waals surface area contributed by atoms with Crippen LogP contribution >= 0.6 is 23.2 Å². The third-order valence-corrected chi connectivity index (χ3v) is 11.5. The lowest BCUT2D eigenvalue weighted by Gasteiger charge is -2.37. The standard InChI is InChI=1S/C46H38Cl2N4O9/c47-36-14-5-28(17-37(36)48)24-59-34-12-10-31(11-13-34)42-44(54)50-38-19-32-20-40(52(23-33(32)21-41(38)61-42)46(57)60-35-15-16-58-25-35)43(53)51-39(45(55)56)18-26-1-6-29(7-2-26)30-8-3-27(22-49)4-9-30/h1-14,17,19,21,35,39-40,42H,15-16,18,20,23-25H2,(H,50,54)(H,51,53)(H,55,56)/t35?,39-,40+,42-/m0/s1. The summed E-state index contributed by atoms with van der Waals surface area (Å²) in [6.45, 7) is 0.873. The van der Waals surface area contributed by atoms with E-state index in [1.165, 1.54) is 4.90 Å². The Morgan fingerprint density at radius 1 is 0.918 bits per heavy atom. The van der Waals surface area contributed by atoms with Crippen molar-refractivity contribution in [3.05, 3.63) is 147 Å². The molecule has 0 aromatic heterocycles. The molecule has 0 aliphatic carbocycles. The van der Waals surface area contributed by atoms with Crippen LogP contribution in [-0.2, 0) is 49.9 Å². The van der Waals surface area contributed by atoms with E-state index in [2.05, 4.69) is 16.7 Å². The summed E-state index contributed by atoms with van der Waals surface area (Å²) in [5.41, 5.74) is 6.13. The Kier molecular flexibility index (Phi) is 12.1. The number of hydrogen-bond donors (Lipinski definition) is 3. The van der Waals surface area contributed by atoms with Crippen LogP contribution in [0.4, 0.5) is 10.5 Å². The van der Waals surface area contributed by atoms with Gasteiger partial charge in [0.1, 0.15) is 36.3 Å². The van der Waals surface area contributed by atoms with Crippen molar-refractivity contribution < 1.29 is 43.2 Å². The van der Waals surface area contributed by atoms with Crippen molar-refractivity contribution in [1.82, 2.24) is 10.2 Å². The van der Waals surface area contributed by atoms with Crippen molar-refractivity contribution in [3.63, 3.8) is 0 Å². The van der Waals surface area contributed by atoms with Crippen molar-refractivity contribution in [2.75, 3.05) is 18.5 Å². The van der Waals surface area contributed by atoms with E-state index in [0.717, 1.165) is 16.7 Å². The van der Waals surface area contributed by atoms with Gasteiger partial charge in [0.05, 0.1) is 47.1 Å². The lowest BCUT2D eigenvalue weighted by Crippen LogP contribution is -2.56. The first-order valence-electron chi connectivity index (χ1n) is 19.5. The van der Waals surface area contributed by atoms with Crippen LogP contribution in [0.25, 0.3) is 11.1 Å². The second-order valence-corrected chi connectivity index (χ2v) is 15.7. The van der Waals surface area contributed by atoms with Gasteiger partial charge in [-0.3, -0.25) is 14.5 Å². The molecule has 5 aromatic carbocycles. The molecule has 1 unspecified atom stereocenters. The van der Waals surface area contributed by atoms with Crippen molar-refractivity contribution in [3.8, 4) is 28.7 Å². The number of amides is 3. The number of nitriles is 1. The molecule has 3 N–H and O–H groups in total. The number of carbonyl (C=O) groups is 4. The number of nitrogens with zero attached hydrogens (tertiary/aromatic N) is 2. The number of nitrogens with one attached hydrogen (secondary N) is 2. The van der Waals surface area contributed by atoms with Gasteiger partial charge in [0.25, 0.3) is 5.91 Å². The van der Waals surface area contributed by atoms with E-state index >= 15 is 0 Å². The maximum Gasteiger partial charge on any atom is 0.411 e. The number of aliphatic carboxylic acids is 1. The average Bonchev–Trinajstić information content (AvgIpc) is 3.78. The molecule has 3 amide bonds. The lowest BCUT2D eigenvalue weighted by atomic mass is 9.92. The predicted molar refractivity (Wildman–Crippen MR) is 224 cm³/mol. The molecule has 0 radical (unpaired) electrons. The Labute approximate surface area is 360 Å². The zero-order valence-electron chi connectivity index (χ0n) is 32.4. The van der Waals surface area contributed by atoms with Crippen LogP contribution in [0.2, 0.25) is 10.0 Å². The molecule has 1 saturated heterocycles. The number of halogens is 2. The summed E-state index contributed by atoms with van der Waals surface area (Å²) >= 11 is 12.1. The Hall–Kier alpha value is -6.59. The van der Waals surface area contributed by atoms with Crippen molar-refractivity contribution >= 4 is 52.8 Å². The van der Waals surface area contributed by atoms with E-state index in [1.807, 2.05) is 30.3 Å². The molecule has 4 atom stereocenters. The van der Waals surface area contributed by atoms with E-state index < -0.39 is 48.2 Å². The normalized spacial score (nSPS) is 18.3. The first kappa shape index (κ1) is 41.2. The first-order chi connectivity index (χ1) is 29.5. The molecular weight excluding hydrogens is 823 g/mol. The number of anilines is 1. The van der Waals surface area contributed by atoms with E-state index in [-0.39, 0.29) is 32.6 Å². The van der Waals surface area contributed by atoms with Crippen molar-refractivity contribution in [2.24, 2.45) is 0 Å². The van der Waals surface area contributed by atoms with E-state index in [4.69, 9.17) is 47.4 Å². The van der Waals surface area contributed by atoms with Gasteiger partial charge in [-0.05, 0) is 81.9 Å². The molecule has 13 nitrogen and oxygen atoms in total. The van der Waals surface area contributed by atoms with Gasteiger partial charge < -0.3 is 34.7 Å². The van der Waals surface area contributed by atoms with Crippen LogP contribution in [0.1, 0.15) is 45.9 Å². The largest absolute Gasteiger partial charge is 0.489 e. The fraction of sp³-hybridized carbons (Fsp3) is 0.239. The number of benzene rings is 5. The molecule has 5 aromatic rings. The van der Waals surface area contributed by atoms with Crippen LogP contribution in [0, 0.1) is 11.3 Å². The molecule has 0 bridgehead atoms. The zero-order valence-corrected chi connectivity index (χ0v) is 33.9. The van der Waals surface area contributed by atoms with Gasteiger partial charge in [-0.25, -0.2) is 9.59 Å². The fourth-order valence-electron chi connectivity index (χ4n) is 7.46. The van der Waals surface area contributed by atoms with Crippen molar-refractivity contribution in [2.45, 2.75) is 56.7 Å². The molecule has 61 heavy (non-hydrogen) atoms. The molecular formula is C46H38Cl2N4O9. The maximum absolute atomic E-state index is 14.1. The minimum absolute atomic E-state index is 0.0132. The topological polar surface area (TPSA) is 177 Å². The van der Waals surface area contributed by atoms with Gasteiger partial charge >= 0.3 is 12.1 Å². The molecule has 3 aliphatic rings. The van der Waals surface area contributed by atoms with Crippen LogP contribution < -0.4 is 20.1 Å². The summed E-state index contributed by atoms with van der Waals surface area (Å²) in [6, 6.07) is 29.7.